The van der Waals surface area contributed by atoms with E-state index in [0.717, 1.165) is 18.2 Å². The summed E-state index contributed by atoms with van der Waals surface area (Å²) in [5, 5.41) is 8.60. The Kier molecular flexibility index (Phi) is 4.70. The van der Waals surface area contributed by atoms with Crippen molar-refractivity contribution in [3.05, 3.63) is 35.7 Å². The Morgan fingerprint density at radius 2 is 2.05 bits per heavy atom. The molecule has 19 heavy (non-hydrogen) atoms. The summed E-state index contributed by atoms with van der Waals surface area (Å²) in [5.74, 6) is -1.42. The van der Waals surface area contributed by atoms with Crippen LogP contribution in [0.2, 0.25) is 0 Å². The lowest BCUT2D eigenvalue weighted by Gasteiger charge is -2.37. The van der Waals surface area contributed by atoms with Crippen LogP contribution in [-0.2, 0) is 4.79 Å². The number of hydrogen-bond donors (Lipinski definition) is 1. The van der Waals surface area contributed by atoms with Gasteiger partial charge in [0.1, 0.15) is 5.82 Å². The van der Waals surface area contributed by atoms with Gasteiger partial charge in [-0.2, -0.15) is 0 Å². The Morgan fingerprint density at radius 3 is 2.58 bits per heavy atom. The molecule has 104 valence electrons. The molecule has 0 unspecified atom stereocenters. The van der Waals surface area contributed by atoms with Crippen molar-refractivity contribution in [3.63, 3.8) is 0 Å². The molecule has 1 aromatic rings. The van der Waals surface area contributed by atoms with Crippen LogP contribution in [0.15, 0.2) is 24.3 Å². The molecular weight excluding hydrogens is 245 g/mol. The molecule has 0 aromatic heterocycles. The van der Waals surface area contributed by atoms with Crippen LogP contribution in [0.3, 0.4) is 0 Å². The predicted molar refractivity (Wildman–Crippen MR) is 75.8 cm³/mol. The van der Waals surface area contributed by atoms with Crippen molar-refractivity contribution in [2.75, 3.05) is 11.9 Å². The summed E-state index contributed by atoms with van der Waals surface area (Å²) < 4.78 is 13.6. The van der Waals surface area contributed by atoms with E-state index in [1.807, 2.05) is 11.9 Å². The smallest absolute Gasteiger partial charge is 0.328 e. The average Bonchev–Trinajstić information content (AvgIpc) is 2.34. The van der Waals surface area contributed by atoms with E-state index in [0.29, 0.717) is 5.56 Å². The van der Waals surface area contributed by atoms with E-state index in [4.69, 9.17) is 5.11 Å². The van der Waals surface area contributed by atoms with Crippen molar-refractivity contribution in [2.24, 2.45) is 0 Å². The van der Waals surface area contributed by atoms with Crippen molar-refractivity contribution in [3.8, 4) is 0 Å². The molecule has 0 aliphatic carbocycles. The predicted octanol–water partition coefficient (Wildman–Crippen LogP) is 3.55. The highest BCUT2D eigenvalue weighted by Gasteiger charge is 2.21. The van der Waals surface area contributed by atoms with Crippen LogP contribution < -0.4 is 4.90 Å². The second-order valence-corrected chi connectivity index (χ2v) is 5.14. The highest BCUT2D eigenvalue weighted by molar-refractivity contribution is 5.85. The molecular formula is C15H20FNO2. The number of anilines is 1. The number of carboxylic acids is 1. The number of aliphatic carboxylic acids is 1. The van der Waals surface area contributed by atoms with Gasteiger partial charge in [0.15, 0.2) is 0 Å². The number of nitrogens with zero attached hydrogens (tertiary/aromatic N) is 1. The SMILES string of the molecule is CCC(C)(C)N(C)c1cc(F)cc(/C=C/C(=O)O)c1. The van der Waals surface area contributed by atoms with Gasteiger partial charge in [-0.1, -0.05) is 6.92 Å². The normalized spacial score (nSPS) is 11.8. The fourth-order valence-corrected chi connectivity index (χ4v) is 1.64. The molecule has 0 aliphatic rings. The van der Waals surface area contributed by atoms with E-state index < -0.39 is 5.97 Å². The summed E-state index contributed by atoms with van der Waals surface area (Å²) in [7, 11) is 1.91. The lowest BCUT2D eigenvalue weighted by molar-refractivity contribution is -0.131. The molecule has 1 rings (SSSR count). The van der Waals surface area contributed by atoms with Crippen molar-refractivity contribution >= 4 is 17.7 Å². The van der Waals surface area contributed by atoms with Crippen molar-refractivity contribution in [2.45, 2.75) is 32.7 Å². The van der Waals surface area contributed by atoms with Crippen LogP contribution in [0, 0.1) is 5.82 Å². The van der Waals surface area contributed by atoms with E-state index in [1.165, 1.54) is 18.2 Å². The van der Waals surface area contributed by atoms with E-state index in [-0.39, 0.29) is 11.4 Å². The van der Waals surface area contributed by atoms with Gasteiger partial charge >= 0.3 is 5.97 Å². The standard InChI is InChI=1S/C15H20FNO2/c1-5-15(2,3)17(4)13-9-11(6-7-14(18)19)8-12(16)10-13/h6-10H,5H2,1-4H3,(H,18,19)/b7-6+. The highest BCUT2D eigenvalue weighted by atomic mass is 19.1. The van der Waals surface area contributed by atoms with Crippen LogP contribution in [0.5, 0.6) is 0 Å². The minimum Gasteiger partial charge on any atom is -0.478 e. The van der Waals surface area contributed by atoms with Gasteiger partial charge in [-0.3, -0.25) is 0 Å². The van der Waals surface area contributed by atoms with E-state index in [9.17, 15) is 9.18 Å². The summed E-state index contributed by atoms with van der Waals surface area (Å²) >= 11 is 0. The highest BCUT2D eigenvalue weighted by Crippen LogP contribution is 2.26. The van der Waals surface area contributed by atoms with Crippen molar-refractivity contribution < 1.29 is 14.3 Å². The third-order valence-electron chi connectivity index (χ3n) is 3.48. The minimum atomic E-state index is -1.05. The van der Waals surface area contributed by atoms with Gasteiger partial charge in [-0.05, 0) is 50.1 Å². The second-order valence-electron chi connectivity index (χ2n) is 5.14. The minimum absolute atomic E-state index is 0.0957. The second kappa shape index (κ2) is 5.87. The molecule has 0 heterocycles. The Bertz CT molecular complexity index is 495. The summed E-state index contributed by atoms with van der Waals surface area (Å²) in [6.45, 7) is 6.22. The average molecular weight is 265 g/mol. The number of carbonyl (C=O) groups is 1. The zero-order valence-electron chi connectivity index (χ0n) is 11.8. The number of benzene rings is 1. The number of hydrogen-bond acceptors (Lipinski definition) is 2. The molecule has 1 N–H and O–H groups in total. The Morgan fingerprint density at radius 1 is 1.42 bits per heavy atom. The van der Waals surface area contributed by atoms with Crippen LogP contribution in [0.4, 0.5) is 10.1 Å². The molecule has 0 fully saturated rings. The zero-order valence-corrected chi connectivity index (χ0v) is 11.8. The summed E-state index contributed by atoms with van der Waals surface area (Å²) in [4.78, 5) is 12.5. The number of carboxylic acid groups (broad SMARTS) is 1. The first-order valence-corrected chi connectivity index (χ1v) is 6.21. The Hall–Kier alpha value is -1.84. The third-order valence-corrected chi connectivity index (χ3v) is 3.48. The molecule has 0 aliphatic heterocycles. The van der Waals surface area contributed by atoms with Crippen LogP contribution in [-0.4, -0.2) is 23.7 Å². The van der Waals surface area contributed by atoms with Gasteiger partial charge in [0, 0.05) is 24.4 Å². The first-order chi connectivity index (χ1) is 8.76. The summed E-state index contributed by atoms with van der Waals surface area (Å²) in [5.41, 5.74) is 1.18. The van der Waals surface area contributed by atoms with Gasteiger partial charge in [0.25, 0.3) is 0 Å². The Balaban J connectivity index is 3.13. The van der Waals surface area contributed by atoms with Gasteiger partial charge in [-0.25, -0.2) is 9.18 Å². The molecule has 0 radical (unpaired) electrons. The van der Waals surface area contributed by atoms with Gasteiger partial charge < -0.3 is 10.0 Å². The van der Waals surface area contributed by atoms with Crippen LogP contribution in [0.1, 0.15) is 32.8 Å². The summed E-state index contributed by atoms with van der Waals surface area (Å²) in [6.07, 6.45) is 3.31. The fraction of sp³-hybridized carbons (Fsp3) is 0.400. The van der Waals surface area contributed by atoms with Crippen LogP contribution >= 0.6 is 0 Å². The maximum absolute atomic E-state index is 13.6. The maximum atomic E-state index is 13.6. The first-order valence-electron chi connectivity index (χ1n) is 6.21. The number of halogens is 1. The molecule has 0 saturated carbocycles. The molecule has 0 saturated heterocycles. The largest absolute Gasteiger partial charge is 0.478 e. The molecule has 0 spiro atoms. The van der Waals surface area contributed by atoms with Gasteiger partial charge in [-0.15, -0.1) is 0 Å². The molecule has 0 atom stereocenters. The topological polar surface area (TPSA) is 40.5 Å². The zero-order chi connectivity index (χ0) is 14.6. The molecule has 4 heteroatoms. The van der Waals surface area contributed by atoms with E-state index in [2.05, 4.69) is 20.8 Å². The molecule has 0 bridgehead atoms. The lowest BCUT2D eigenvalue weighted by Crippen LogP contribution is -2.40. The van der Waals surface area contributed by atoms with Crippen molar-refractivity contribution in [1.29, 1.82) is 0 Å². The molecule has 0 amide bonds. The maximum Gasteiger partial charge on any atom is 0.328 e. The quantitative estimate of drug-likeness (QED) is 0.828. The molecule has 3 nitrogen and oxygen atoms in total. The van der Waals surface area contributed by atoms with Gasteiger partial charge in [0.2, 0.25) is 0 Å². The monoisotopic (exact) mass is 265 g/mol. The molecule has 1 aromatic carbocycles. The summed E-state index contributed by atoms with van der Waals surface area (Å²) in [6, 6.07) is 4.55. The van der Waals surface area contributed by atoms with Gasteiger partial charge in [0.05, 0.1) is 0 Å². The van der Waals surface area contributed by atoms with E-state index >= 15 is 0 Å². The third kappa shape index (κ3) is 4.09. The van der Waals surface area contributed by atoms with Crippen molar-refractivity contribution in [1.82, 2.24) is 0 Å². The first kappa shape index (κ1) is 15.2. The fourth-order valence-electron chi connectivity index (χ4n) is 1.64. The Labute approximate surface area is 113 Å². The number of rotatable bonds is 5. The van der Waals surface area contributed by atoms with E-state index in [1.54, 1.807) is 6.07 Å². The lowest BCUT2D eigenvalue weighted by atomic mass is 9.98. The van der Waals surface area contributed by atoms with Crippen LogP contribution in [0.25, 0.3) is 6.08 Å².